The molecule has 1 aliphatic carbocycles. The van der Waals surface area contributed by atoms with Crippen LogP contribution in [0.1, 0.15) is 51.1 Å². The van der Waals surface area contributed by atoms with Crippen LogP contribution in [-0.2, 0) is 10.0 Å². The molecule has 3 heterocycles. The molecule has 9 nitrogen and oxygen atoms in total. The highest BCUT2D eigenvalue weighted by molar-refractivity contribution is 7.90. The molecule has 1 aliphatic heterocycles. The fraction of sp³-hybridized carbons (Fsp3) is 0.500. The molecule has 2 aromatic heterocycles. The highest BCUT2D eigenvalue weighted by Crippen LogP contribution is 2.33. The molecule has 2 atom stereocenters. The van der Waals surface area contributed by atoms with Crippen LogP contribution < -0.4 is 10.6 Å². The van der Waals surface area contributed by atoms with Gasteiger partial charge in [0.05, 0.1) is 17.6 Å². The van der Waals surface area contributed by atoms with Crippen molar-refractivity contribution in [1.82, 2.24) is 24.6 Å². The quantitative estimate of drug-likeness (QED) is 0.374. The van der Waals surface area contributed by atoms with E-state index in [1.807, 2.05) is 6.92 Å². The van der Waals surface area contributed by atoms with Gasteiger partial charge >= 0.3 is 0 Å². The maximum atomic E-state index is 15.1. The third kappa shape index (κ3) is 5.63. The van der Waals surface area contributed by atoms with Crippen LogP contribution in [0.15, 0.2) is 30.6 Å². The van der Waals surface area contributed by atoms with Crippen molar-refractivity contribution in [2.24, 2.45) is 0 Å². The number of halogens is 2. The predicted molar refractivity (Wildman–Crippen MR) is 141 cm³/mol. The molecule has 0 amide bonds. The maximum absolute atomic E-state index is 15.1. The first-order chi connectivity index (χ1) is 18.1. The molecule has 2 unspecified atom stereocenters. The van der Waals surface area contributed by atoms with E-state index in [9.17, 15) is 17.9 Å². The van der Waals surface area contributed by atoms with Crippen molar-refractivity contribution in [2.45, 2.75) is 63.0 Å². The van der Waals surface area contributed by atoms with Crippen LogP contribution in [0, 0.1) is 11.6 Å². The smallest absolute Gasteiger partial charge is 0.223 e. The van der Waals surface area contributed by atoms with Gasteiger partial charge in [0, 0.05) is 48.9 Å². The highest BCUT2D eigenvalue weighted by Gasteiger charge is 2.41. The topological polar surface area (TPSA) is 120 Å². The second-order valence-electron chi connectivity index (χ2n) is 10.2. The average Bonchev–Trinajstić information content (AvgIpc) is 3.75. The van der Waals surface area contributed by atoms with E-state index in [-0.39, 0.29) is 40.1 Å². The van der Waals surface area contributed by atoms with Gasteiger partial charge in [0.15, 0.2) is 5.82 Å². The Balaban J connectivity index is 1.38. The predicted octanol–water partition coefficient (Wildman–Crippen LogP) is 3.37. The van der Waals surface area contributed by atoms with Crippen molar-refractivity contribution < 1.29 is 22.3 Å². The highest BCUT2D eigenvalue weighted by atomic mass is 32.2. The van der Waals surface area contributed by atoms with E-state index in [2.05, 4.69) is 25.6 Å². The lowest BCUT2D eigenvalue weighted by molar-refractivity contribution is 0.187. The third-order valence-corrected chi connectivity index (χ3v) is 9.53. The molecule has 5 rings (SSSR count). The Morgan fingerprint density at radius 1 is 1.11 bits per heavy atom. The molecule has 1 saturated carbocycles. The van der Waals surface area contributed by atoms with E-state index in [0.717, 1.165) is 24.6 Å². The number of nitrogens with one attached hydrogen (secondary N) is 2. The Bertz CT molecular complexity index is 1430. The molecule has 0 bridgehead atoms. The summed E-state index contributed by atoms with van der Waals surface area (Å²) in [4.78, 5) is 12.6. The summed E-state index contributed by atoms with van der Waals surface area (Å²) in [5.74, 6) is -1.09. The van der Waals surface area contributed by atoms with E-state index < -0.39 is 27.8 Å². The van der Waals surface area contributed by atoms with Gasteiger partial charge in [0.2, 0.25) is 16.0 Å². The average molecular weight is 547 g/mol. The van der Waals surface area contributed by atoms with Gasteiger partial charge in [-0.15, -0.1) is 0 Å². The molecule has 1 saturated heterocycles. The van der Waals surface area contributed by atoms with E-state index >= 15 is 4.39 Å². The number of sulfonamides is 1. The molecule has 1 aromatic carbocycles. The molecule has 2 fully saturated rings. The van der Waals surface area contributed by atoms with E-state index in [1.165, 1.54) is 12.3 Å². The first kappa shape index (κ1) is 26.8. The molecule has 2 aliphatic rings. The minimum atomic E-state index is -3.21. The molecule has 204 valence electrons. The molecular formula is C26H32F2N6O3S. The maximum Gasteiger partial charge on any atom is 0.223 e. The number of hydrogen-bond acceptors (Lipinski definition) is 8. The van der Waals surface area contributed by atoms with Crippen molar-refractivity contribution in [3.8, 4) is 11.3 Å². The standard InChI is InChI=1S/C26H32F2N6O3S/c1-15(35)13-30-16(2)20-5-8-29-25-21(20)11-17(12-22(25)27)24-23(28)14-31-26(33-24)32-18-6-9-34(10-7-18)38(36,37)19-3-4-19/h5,8,11-12,14-16,18-19,30,35H,3-4,6-7,9-10,13H2,1-2H3,(H,31,32,33). The zero-order chi connectivity index (χ0) is 27.0. The Labute approximate surface area is 220 Å². The molecule has 3 N–H and O–H groups in total. The summed E-state index contributed by atoms with van der Waals surface area (Å²) in [6, 6.07) is 4.36. The summed E-state index contributed by atoms with van der Waals surface area (Å²) >= 11 is 0. The van der Waals surface area contributed by atoms with Gasteiger partial charge in [-0.2, -0.15) is 0 Å². The van der Waals surface area contributed by atoms with Gasteiger partial charge in [-0.25, -0.2) is 31.5 Å². The summed E-state index contributed by atoms with van der Waals surface area (Å²) in [6.07, 6.45) is 4.66. The molecule has 3 aromatic rings. The lowest BCUT2D eigenvalue weighted by atomic mass is 9.99. The van der Waals surface area contributed by atoms with Crippen molar-refractivity contribution in [1.29, 1.82) is 0 Å². The van der Waals surface area contributed by atoms with Crippen LogP contribution in [0.4, 0.5) is 14.7 Å². The van der Waals surface area contributed by atoms with E-state index in [1.54, 1.807) is 23.4 Å². The molecule has 0 spiro atoms. The van der Waals surface area contributed by atoms with Gasteiger partial charge in [-0.3, -0.25) is 4.98 Å². The fourth-order valence-electron chi connectivity index (χ4n) is 4.86. The minimum absolute atomic E-state index is 0.0450. The normalized spacial score (nSPS) is 19.0. The molecular weight excluding hydrogens is 514 g/mol. The van der Waals surface area contributed by atoms with Gasteiger partial charge in [-0.05, 0) is 63.3 Å². The second-order valence-corrected chi connectivity index (χ2v) is 12.4. The zero-order valence-corrected chi connectivity index (χ0v) is 22.2. The Morgan fingerprint density at radius 2 is 1.84 bits per heavy atom. The largest absolute Gasteiger partial charge is 0.392 e. The lowest BCUT2D eigenvalue weighted by Gasteiger charge is -2.31. The van der Waals surface area contributed by atoms with Gasteiger partial charge < -0.3 is 15.7 Å². The first-order valence-corrected chi connectivity index (χ1v) is 14.4. The lowest BCUT2D eigenvalue weighted by Crippen LogP contribution is -2.43. The molecule has 38 heavy (non-hydrogen) atoms. The monoisotopic (exact) mass is 546 g/mol. The molecule has 0 radical (unpaired) electrons. The number of aromatic nitrogens is 3. The number of nitrogens with zero attached hydrogens (tertiary/aromatic N) is 4. The number of fused-ring (bicyclic) bond motifs is 1. The van der Waals surface area contributed by atoms with Crippen LogP contribution >= 0.6 is 0 Å². The van der Waals surface area contributed by atoms with E-state index in [4.69, 9.17) is 0 Å². The van der Waals surface area contributed by atoms with Gasteiger partial charge in [-0.1, -0.05) is 0 Å². The van der Waals surface area contributed by atoms with Crippen LogP contribution in [0.25, 0.3) is 22.2 Å². The van der Waals surface area contributed by atoms with Crippen molar-refractivity contribution >= 4 is 26.9 Å². The zero-order valence-electron chi connectivity index (χ0n) is 21.4. The number of hydrogen-bond donors (Lipinski definition) is 3. The number of pyridine rings is 1. The first-order valence-electron chi connectivity index (χ1n) is 12.9. The number of rotatable bonds is 9. The van der Waals surface area contributed by atoms with Crippen molar-refractivity contribution in [3.05, 3.63) is 47.8 Å². The van der Waals surface area contributed by atoms with Crippen molar-refractivity contribution in [2.75, 3.05) is 25.0 Å². The van der Waals surface area contributed by atoms with E-state index in [0.29, 0.717) is 37.9 Å². The number of benzene rings is 1. The van der Waals surface area contributed by atoms with Crippen molar-refractivity contribution in [3.63, 3.8) is 0 Å². The number of piperidine rings is 1. The van der Waals surface area contributed by atoms with Crippen LogP contribution in [0.3, 0.4) is 0 Å². The fourth-order valence-corrected chi connectivity index (χ4v) is 6.73. The summed E-state index contributed by atoms with van der Waals surface area (Å²) in [7, 11) is -3.21. The SMILES string of the molecule is CC(O)CNC(C)c1ccnc2c(F)cc(-c3nc(NC4CCN(S(=O)(=O)C5CC5)CC4)ncc3F)cc12. The van der Waals surface area contributed by atoms with Crippen LogP contribution in [0.5, 0.6) is 0 Å². The third-order valence-electron chi connectivity index (χ3n) is 7.13. The number of aliphatic hydroxyl groups is 1. The van der Waals surface area contributed by atoms with Gasteiger partial charge in [0.1, 0.15) is 17.0 Å². The summed E-state index contributed by atoms with van der Waals surface area (Å²) < 4.78 is 56.6. The summed E-state index contributed by atoms with van der Waals surface area (Å²) in [6.45, 7) is 4.75. The molecule has 12 heteroatoms. The van der Waals surface area contributed by atoms with Crippen LogP contribution in [-0.4, -0.2) is 69.8 Å². The summed E-state index contributed by atoms with van der Waals surface area (Å²) in [5.41, 5.74) is 1.13. The number of aliphatic hydroxyl groups excluding tert-OH is 1. The Kier molecular flexibility index (Phi) is 7.58. The minimum Gasteiger partial charge on any atom is -0.392 e. The summed E-state index contributed by atoms with van der Waals surface area (Å²) in [5, 5.41) is 16.3. The van der Waals surface area contributed by atoms with Crippen LogP contribution in [0.2, 0.25) is 0 Å². The van der Waals surface area contributed by atoms with Gasteiger partial charge in [0.25, 0.3) is 0 Å². The Hall–Kier alpha value is -2.80. The second kappa shape index (κ2) is 10.8. The number of anilines is 1. The Morgan fingerprint density at radius 3 is 2.53 bits per heavy atom.